The third-order valence-corrected chi connectivity index (χ3v) is 4.97. The van der Waals surface area contributed by atoms with Crippen molar-refractivity contribution in [2.75, 3.05) is 33.2 Å². The minimum absolute atomic E-state index is 0.321. The fourth-order valence-corrected chi connectivity index (χ4v) is 3.66. The van der Waals surface area contributed by atoms with Crippen molar-refractivity contribution >= 4 is 23.4 Å². The van der Waals surface area contributed by atoms with Crippen LogP contribution in [0.1, 0.15) is 24.8 Å². The molecule has 142 valence electrons. The first-order chi connectivity index (χ1) is 12.1. The number of carbonyl (C=O) groups excluding carboxylic acids is 3. The molecule has 7 heteroatoms. The highest BCUT2D eigenvalue weighted by molar-refractivity contribution is 6.02. The van der Waals surface area contributed by atoms with Gasteiger partial charge in [-0.15, -0.1) is 0 Å². The van der Waals surface area contributed by atoms with Crippen molar-refractivity contribution in [3.8, 4) is 0 Å². The van der Waals surface area contributed by atoms with Gasteiger partial charge < -0.3 is 19.5 Å². The number of carbonyl (C=O) groups is 3. The number of benzene rings is 1. The summed E-state index contributed by atoms with van der Waals surface area (Å²) in [7, 11) is 6.19. The minimum atomic E-state index is -1.63. The number of anilines is 1. The largest absolute Gasteiger partial charge is 0.469 e. The van der Waals surface area contributed by atoms with Gasteiger partial charge in [-0.3, -0.25) is 14.4 Å². The Hall–Kier alpha value is -2.41. The summed E-state index contributed by atoms with van der Waals surface area (Å²) in [6, 6.07) is 7.15. The first kappa shape index (κ1) is 19.9. The lowest BCUT2D eigenvalue weighted by Gasteiger charge is -2.43. The van der Waals surface area contributed by atoms with Crippen molar-refractivity contribution in [2.45, 2.75) is 24.9 Å². The Morgan fingerprint density at radius 1 is 1.12 bits per heavy atom. The van der Waals surface area contributed by atoms with Gasteiger partial charge in [0.1, 0.15) is 5.92 Å². The van der Waals surface area contributed by atoms with Crippen LogP contribution >= 0.6 is 0 Å². The van der Waals surface area contributed by atoms with E-state index in [9.17, 15) is 19.5 Å². The van der Waals surface area contributed by atoms with Crippen molar-refractivity contribution in [1.29, 1.82) is 0 Å². The highest BCUT2D eigenvalue weighted by atomic mass is 16.5. The van der Waals surface area contributed by atoms with Gasteiger partial charge in [0.15, 0.2) is 5.78 Å². The van der Waals surface area contributed by atoms with Gasteiger partial charge in [-0.05, 0) is 24.6 Å². The first-order valence-corrected chi connectivity index (χ1v) is 8.32. The number of aliphatic hydroxyl groups is 1. The number of methoxy groups -OCH3 is 2. The molecule has 0 unspecified atom stereocenters. The van der Waals surface area contributed by atoms with Crippen LogP contribution < -0.4 is 4.90 Å². The van der Waals surface area contributed by atoms with Crippen LogP contribution in [0.25, 0.3) is 0 Å². The van der Waals surface area contributed by atoms with Crippen LogP contribution in [0.4, 0.5) is 5.69 Å². The van der Waals surface area contributed by atoms with Crippen LogP contribution in [0, 0.1) is 11.8 Å². The van der Waals surface area contributed by atoms with Crippen LogP contribution in [-0.2, 0) is 23.9 Å². The number of ether oxygens (including phenoxy) is 2. The minimum Gasteiger partial charge on any atom is -0.469 e. The second-order valence-corrected chi connectivity index (χ2v) is 7.01. The molecule has 0 saturated heterocycles. The fourth-order valence-electron chi connectivity index (χ4n) is 3.66. The zero-order valence-corrected chi connectivity index (χ0v) is 15.7. The van der Waals surface area contributed by atoms with Gasteiger partial charge >= 0.3 is 11.9 Å². The lowest BCUT2D eigenvalue weighted by molar-refractivity contribution is -0.170. The summed E-state index contributed by atoms with van der Waals surface area (Å²) in [5.41, 5.74) is -0.110. The van der Waals surface area contributed by atoms with Crippen LogP contribution in [-0.4, -0.2) is 56.7 Å². The van der Waals surface area contributed by atoms with Gasteiger partial charge in [-0.1, -0.05) is 12.1 Å². The van der Waals surface area contributed by atoms with Gasteiger partial charge in [0, 0.05) is 32.1 Å². The third kappa shape index (κ3) is 3.58. The number of hydrogen-bond donors (Lipinski definition) is 1. The monoisotopic (exact) mass is 363 g/mol. The number of ketones is 1. The Balaban J connectivity index is 2.61. The quantitative estimate of drug-likeness (QED) is 0.633. The summed E-state index contributed by atoms with van der Waals surface area (Å²) in [6.07, 6.45) is -0.321. The molecule has 0 aromatic heterocycles. The number of hydrogen-bond acceptors (Lipinski definition) is 7. The summed E-state index contributed by atoms with van der Waals surface area (Å²) in [5.74, 6) is -4.96. The maximum Gasteiger partial charge on any atom is 0.316 e. The Morgan fingerprint density at radius 2 is 1.65 bits per heavy atom. The van der Waals surface area contributed by atoms with Crippen LogP contribution in [0.15, 0.2) is 24.3 Å². The van der Waals surface area contributed by atoms with Gasteiger partial charge in [-0.25, -0.2) is 0 Å². The molecule has 4 atom stereocenters. The lowest BCUT2D eigenvalue weighted by Crippen LogP contribution is -2.55. The van der Waals surface area contributed by atoms with Gasteiger partial charge in [0.2, 0.25) is 0 Å². The highest BCUT2D eigenvalue weighted by Crippen LogP contribution is 2.46. The molecule has 0 spiro atoms. The molecule has 2 rings (SSSR count). The molecule has 0 amide bonds. The standard InChI is InChI=1S/C19H25NO6/c1-19(24)10-13(21)15(17(22)25-4)14(16(19)18(23)26-5)11-6-8-12(9-7-11)20(2)3/h6-9,14-16,24H,10H2,1-5H3/t14-,15+,16+,19+/m0/s1. The number of nitrogens with zero attached hydrogens (tertiary/aromatic N) is 1. The molecule has 1 aromatic rings. The molecular formula is C19H25NO6. The van der Waals surface area contributed by atoms with Crippen LogP contribution in [0.2, 0.25) is 0 Å². The molecule has 1 N–H and O–H groups in total. The van der Waals surface area contributed by atoms with Crippen LogP contribution in [0.5, 0.6) is 0 Å². The summed E-state index contributed by atoms with van der Waals surface area (Å²) < 4.78 is 9.67. The summed E-state index contributed by atoms with van der Waals surface area (Å²) in [5, 5.41) is 10.8. The number of rotatable bonds is 4. The van der Waals surface area contributed by atoms with Gasteiger partial charge in [0.25, 0.3) is 0 Å². The van der Waals surface area contributed by atoms with Crippen molar-refractivity contribution in [3.05, 3.63) is 29.8 Å². The topological polar surface area (TPSA) is 93.1 Å². The molecule has 0 heterocycles. The van der Waals surface area contributed by atoms with Gasteiger partial charge in [0.05, 0.1) is 25.7 Å². The van der Waals surface area contributed by atoms with E-state index in [-0.39, 0.29) is 6.42 Å². The van der Waals surface area contributed by atoms with E-state index in [2.05, 4.69) is 0 Å². The Labute approximate surface area is 152 Å². The highest BCUT2D eigenvalue weighted by Gasteiger charge is 2.56. The molecule has 1 aliphatic rings. The lowest BCUT2D eigenvalue weighted by atomic mass is 9.62. The Bertz CT molecular complexity index is 694. The average molecular weight is 363 g/mol. The molecule has 0 radical (unpaired) electrons. The van der Waals surface area contributed by atoms with Crippen LogP contribution in [0.3, 0.4) is 0 Å². The zero-order valence-electron chi connectivity index (χ0n) is 15.7. The van der Waals surface area contributed by atoms with Crippen molar-refractivity contribution < 1.29 is 29.0 Å². The zero-order chi connectivity index (χ0) is 19.6. The second kappa shape index (κ2) is 7.45. The predicted molar refractivity (Wildman–Crippen MR) is 94.8 cm³/mol. The van der Waals surface area contributed by atoms with E-state index in [0.717, 1.165) is 5.69 Å². The van der Waals surface area contributed by atoms with E-state index < -0.39 is 41.1 Å². The molecule has 26 heavy (non-hydrogen) atoms. The molecule has 1 aromatic carbocycles. The molecule has 1 saturated carbocycles. The van der Waals surface area contributed by atoms with E-state index in [4.69, 9.17) is 9.47 Å². The van der Waals surface area contributed by atoms with E-state index >= 15 is 0 Å². The number of Topliss-reactive ketones (excluding diaryl/α,β-unsaturated/α-hetero) is 1. The van der Waals surface area contributed by atoms with E-state index in [1.165, 1.54) is 21.1 Å². The van der Waals surface area contributed by atoms with Gasteiger partial charge in [-0.2, -0.15) is 0 Å². The Morgan fingerprint density at radius 3 is 2.12 bits per heavy atom. The maximum atomic E-state index is 12.6. The SMILES string of the molecule is COC(=O)[C@@H]1C(=O)C[C@@](C)(O)[C@@H](C(=O)OC)[C@H]1c1ccc(N(C)C)cc1. The average Bonchev–Trinajstić information content (AvgIpc) is 2.59. The fraction of sp³-hybridized carbons (Fsp3) is 0.526. The molecular weight excluding hydrogens is 338 g/mol. The third-order valence-electron chi connectivity index (χ3n) is 4.97. The predicted octanol–water partition coefficient (Wildman–Crippen LogP) is 1.14. The molecule has 0 bridgehead atoms. The smallest absolute Gasteiger partial charge is 0.316 e. The van der Waals surface area contributed by atoms with Crippen molar-refractivity contribution in [3.63, 3.8) is 0 Å². The second-order valence-electron chi connectivity index (χ2n) is 7.01. The van der Waals surface area contributed by atoms with E-state index in [1.807, 2.05) is 31.1 Å². The van der Waals surface area contributed by atoms with Crippen molar-refractivity contribution in [2.24, 2.45) is 11.8 Å². The molecule has 7 nitrogen and oxygen atoms in total. The first-order valence-electron chi connectivity index (χ1n) is 8.32. The molecule has 1 fully saturated rings. The summed E-state index contributed by atoms with van der Waals surface area (Å²) >= 11 is 0. The molecule has 0 aliphatic heterocycles. The Kier molecular flexibility index (Phi) is 5.71. The number of esters is 2. The van der Waals surface area contributed by atoms with Crippen molar-refractivity contribution in [1.82, 2.24) is 0 Å². The summed E-state index contributed by atoms with van der Waals surface area (Å²) in [4.78, 5) is 39.3. The van der Waals surface area contributed by atoms with E-state index in [1.54, 1.807) is 12.1 Å². The van der Waals surface area contributed by atoms with E-state index in [0.29, 0.717) is 5.56 Å². The summed E-state index contributed by atoms with van der Waals surface area (Å²) in [6.45, 7) is 1.42. The molecule has 1 aliphatic carbocycles. The normalized spacial score (nSPS) is 28.4. The maximum absolute atomic E-state index is 12.6.